The maximum Gasteiger partial charge on any atom is 0.251 e. The van der Waals surface area contributed by atoms with E-state index in [-0.39, 0.29) is 11.6 Å². The number of benzene rings is 2. The standard InChI is InChI=1S/C16H15F2NO2/c1-10(14-5-3-4-6-15(14)21-2)19-16(20)11-7-12(17)9-13(18)8-11/h3-10H,1-2H3,(H,19,20)/t10-/m1/s1. The number of amides is 1. The Hall–Kier alpha value is -2.43. The van der Waals surface area contributed by atoms with E-state index in [2.05, 4.69) is 5.32 Å². The Bertz CT molecular complexity index is 638. The molecular weight excluding hydrogens is 276 g/mol. The van der Waals surface area contributed by atoms with Crippen LogP contribution < -0.4 is 10.1 Å². The highest BCUT2D eigenvalue weighted by molar-refractivity contribution is 5.94. The average Bonchev–Trinajstić information content (AvgIpc) is 2.46. The van der Waals surface area contributed by atoms with Gasteiger partial charge in [-0.25, -0.2) is 8.78 Å². The lowest BCUT2D eigenvalue weighted by molar-refractivity contribution is 0.0938. The molecule has 2 aromatic carbocycles. The lowest BCUT2D eigenvalue weighted by Gasteiger charge is -2.17. The van der Waals surface area contributed by atoms with Crippen LogP contribution in [0.25, 0.3) is 0 Å². The molecule has 0 bridgehead atoms. The monoisotopic (exact) mass is 291 g/mol. The molecule has 0 saturated carbocycles. The summed E-state index contributed by atoms with van der Waals surface area (Å²) in [4.78, 5) is 12.0. The van der Waals surface area contributed by atoms with Gasteiger partial charge in [-0.3, -0.25) is 4.79 Å². The van der Waals surface area contributed by atoms with Crippen molar-refractivity contribution >= 4 is 5.91 Å². The summed E-state index contributed by atoms with van der Waals surface area (Å²) in [7, 11) is 1.54. The molecule has 21 heavy (non-hydrogen) atoms. The molecule has 0 aliphatic rings. The molecule has 0 spiro atoms. The summed E-state index contributed by atoms with van der Waals surface area (Å²) in [5.41, 5.74) is 0.722. The van der Waals surface area contributed by atoms with Crippen molar-refractivity contribution in [3.63, 3.8) is 0 Å². The Kier molecular flexibility index (Phi) is 4.52. The Balaban J connectivity index is 2.18. The third-order valence-electron chi connectivity index (χ3n) is 3.08. The molecule has 0 aliphatic carbocycles. The first kappa shape index (κ1) is 15.0. The first-order chi connectivity index (χ1) is 10.0. The Labute approximate surface area is 121 Å². The molecule has 110 valence electrons. The van der Waals surface area contributed by atoms with Crippen LogP contribution in [0.1, 0.15) is 28.9 Å². The van der Waals surface area contributed by atoms with Crippen molar-refractivity contribution in [2.45, 2.75) is 13.0 Å². The fraction of sp³-hybridized carbons (Fsp3) is 0.188. The molecule has 3 nitrogen and oxygen atoms in total. The fourth-order valence-electron chi connectivity index (χ4n) is 2.07. The predicted molar refractivity (Wildman–Crippen MR) is 75.2 cm³/mol. The number of nitrogens with one attached hydrogen (secondary N) is 1. The average molecular weight is 291 g/mol. The molecule has 1 amide bonds. The molecule has 1 atom stereocenters. The topological polar surface area (TPSA) is 38.3 Å². The third-order valence-corrected chi connectivity index (χ3v) is 3.08. The zero-order valence-electron chi connectivity index (χ0n) is 11.7. The van der Waals surface area contributed by atoms with Crippen LogP contribution in [0.15, 0.2) is 42.5 Å². The molecule has 2 aromatic rings. The maximum absolute atomic E-state index is 13.1. The first-order valence-electron chi connectivity index (χ1n) is 6.41. The molecule has 0 heterocycles. The van der Waals surface area contributed by atoms with Gasteiger partial charge in [-0.05, 0) is 25.1 Å². The third kappa shape index (κ3) is 3.56. The van der Waals surface area contributed by atoms with Gasteiger partial charge in [0.2, 0.25) is 0 Å². The summed E-state index contributed by atoms with van der Waals surface area (Å²) in [6.07, 6.45) is 0. The largest absolute Gasteiger partial charge is 0.496 e. The van der Waals surface area contributed by atoms with Crippen molar-refractivity contribution < 1.29 is 18.3 Å². The second-order valence-corrected chi connectivity index (χ2v) is 4.60. The van der Waals surface area contributed by atoms with Crippen LogP contribution in [0, 0.1) is 11.6 Å². The first-order valence-corrected chi connectivity index (χ1v) is 6.41. The van der Waals surface area contributed by atoms with Crippen LogP contribution in [-0.2, 0) is 0 Å². The van der Waals surface area contributed by atoms with Crippen LogP contribution in [0.4, 0.5) is 8.78 Å². The SMILES string of the molecule is COc1ccccc1[C@@H](C)NC(=O)c1cc(F)cc(F)c1. The number of methoxy groups -OCH3 is 1. The maximum atomic E-state index is 13.1. The molecule has 0 unspecified atom stereocenters. The second kappa shape index (κ2) is 6.35. The summed E-state index contributed by atoms with van der Waals surface area (Å²) in [6.45, 7) is 1.77. The molecule has 0 saturated heterocycles. The highest BCUT2D eigenvalue weighted by Crippen LogP contribution is 2.24. The van der Waals surface area contributed by atoms with E-state index in [0.29, 0.717) is 5.75 Å². The van der Waals surface area contributed by atoms with Gasteiger partial charge in [0.25, 0.3) is 5.91 Å². The van der Waals surface area contributed by atoms with Gasteiger partial charge in [-0.2, -0.15) is 0 Å². The fourth-order valence-corrected chi connectivity index (χ4v) is 2.07. The van der Waals surface area contributed by atoms with E-state index < -0.39 is 17.5 Å². The minimum atomic E-state index is -0.787. The molecule has 2 rings (SSSR count). The Morgan fingerprint density at radius 1 is 1.14 bits per heavy atom. The normalized spacial score (nSPS) is 11.8. The minimum Gasteiger partial charge on any atom is -0.496 e. The molecule has 1 N–H and O–H groups in total. The van der Waals surface area contributed by atoms with Gasteiger partial charge >= 0.3 is 0 Å². The predicted octanol–water partition coefficient (Wildman–Crippen LogP) is 3.46. The number of hydrogen-bond acceptors (Lipinski definition) is 2. The van der Waals surface area contributed by atoms with Crippen molar-refractivity contribution in [1.29, 1.82) is 0 Å². The number of rotatable bonds is 4. The van der Waals surface area contributed by atoms with Crippen LogP contribution in [0.2, 0.25) is 0 Å². The second-order valence-electron chi connectivity index (χ2n) is 4.60. The van der Waals surface area contributed by atoms with E-state index in [1.54, 1.807) is 13.0 Å². The lowest BCUT2D eigenvalue weighted by Crippen LogP contribution is -2.27. The summed E-state index contributed by atoms with van der Waals surface area (Å²) in [5, 5.41) is 2.69. The van der Waals surface area contributed by atoms with Crippen LogP contribution in [0.5, 0.6) is 5.75 Å². The number of para-hydroxylation sites is 1. The number of ether oxygens (including phenoxy) is 1. The van der Waals surface area contributed by atoms with E-state index >= 15 is 0 Å². The molecule has 0 radical (unpaired) electrons. The van der Waals surface area contributed by atoms with Gasteiger partial charge in [-0.1, -0.05) is 18.2 Å². The van der Waals surface area contributed by atoms with E-state index in [4.69, 9.17) is 4.74 Å². The van der Waals surface area contributed by atoms with Crippen molar-refractivity contribution in [3.8, 4) is 5.75 Å². The molecule has 5 heteroatoms. The van der Waals surface area contributed by atoms with Gasteiger partial charge in [0.05, 0.1) is 13.2 Å². The van der Waals surface area contributed by atoms with Gasteiger partial charge in [0, 0.05) is 17.2 Å². The van der Waals surface area contributed by atoms with Crippen LogP contribution >= 0.6 is 0 Å². The van der Waals surface area contributed by atoms with Crippen molar-refractivity contribution in [2.75, 3.05) is 7.11 Å². The van der Waals surface area contributed by atoms with Crippen LogP contribution in [0.3, 0.4) is 0 Å². The molecule has 0 fully saturated rings. The summed E-state index contributed by atoms with van der Waals surface area (Å²) < 4.78 is 31.5. The molecule has 0 aliphatic heterocycles. The Morgan fingerprint density at radius 3 is 2.38 bits per heavy atom. The highest BCUT2D eigenvalue weighted by Gasteiger charge is 2.15. The Morgan fingerprint density at radius 2 is 1.76 bits per heavy atom. The zero-order chi connectivity index (χ0) is 15.4. The number of carbonyl (C=O) groups excluding carboxylic acids is 1. The van der Waals surface area contributed by atoms with Gasteiger partial charge in [0.15, 0.2) is 0 Å². The lowest BCUT2D eigenvalue weighted by atomic mass is 10.1. The van der Waals surface area contributed by atoms with Gasteiger partial charge < -0.3 is 10.1 Å². The minimum absolute atomic E-state index is 0.0609. The van der Waals surface area contributed by atoms with E-state index in [1.807, 2.05) is 18.2 Å². The summed E-state index contributed by atoms with van der Waals surface area (Å²) in [6, 6.07) is 9.58. The van der Waals surface area contributed by atoms with Gasteiger partial charge in [-0.15, -0.1) is 0 Å². The molecule has 0 aromatic heterocycles. The number of hydrogen-bond donors (Lipinski definition) is 1. The van der Waals surface area contributed by atoms with E-state index in [9.17, 15) is 13.6 Å². The summed E-state index contributed by atoms with van der Waals surface area (Å²) in [5.74, 6) is -1.49. The zero-order valence-corrected chi connectivity index (χ0v) is 11.7. The highest BCUT2D eigenvalue weighted by atomic mass is 19.1. The smallest absolute Gasteiger partial charge is 0.251 e. The molecular formula is C16H15F2NO2. The number of halogens is 2. The van der Waals surface area contributed by atoms with Crippen molar-refractivity contribution in [3.05, 3.63) is 65.2 Å². The van der Waals surface area contributed by atoms with Crippen LogP contribution in [-0.4, -0.2) is 13.0 Å². The quantitative estimate of drug-likeness (QED) is 0.936. The van der Waals surface area contributed by atoms with Crippen molar-refractivity contribution in [1.82, 2.24) is 5.32 Å². The summed E-state index contributed by atoms with van der Waals surface area (Å²) >= 11 is 0. The van der Waals surface area contributed by atoms with E-state index in [1.165, 1.54) is 7.11 Å². The number of carbonyl (C=O) groups is 1. The van der Waals surface area contributed by atoms with Crippen molar-refractivity contribution in [2.24, 2.45) is 0 Å². The van der Waals surface area contributed by atoms with Gasteiger partial charge in [0.1, 0.15) is 17.4 Å². The van der Waals surface area contributed by atoms with E-state index in [0.717, 1.165) is 23.8 Å².